The molecule has 0 unspecified atom stereocenters. The first-order chi connectivity index (χ1) is 13.4. The van der Waals surface area contributed by atoms with E-state index in [2.05, 4.69) is 10.1 Å². The smallest absolute Gasteiger partial charge is 0.180 e. The molecule has 142 valence electrons. The zero-order valence-corrected chi connectivity index (χ0v) is 16.5. The molecule has 7 heteroatoms. The van der Waals surface area contributed by atoms with Gasteiger partial charge in [0.05, 0.1) is 10.2 Å². The molecule has 0 spiro atoms. The van der Waals surface area contributed by atoms with Crippen molar-refractivity contribution in [2.75, 3.05) is 0 Å². The lowest BCUT2D eigenvalue weighted by Gasteiger charge is -2.07. The van der Waals surface area contributed by atoms with Crippen molar-refractivity contribution in [3.8, 4) is 5.82 Å². The highest BCUT2D eigenvalue weighted by molar-refractivity contribution is 7.19. The number of hydrogen-bond donors (Lipinski definition) is 0. The minimum absolute atomic E-state index is 0.202. The fraction of sp³-hybridized carbons (Fsp3) is 0.190. The Hall–Kier alpha value is -3.19. The van der Waals surface area contributed by atoms with E-state index in [0.717, 1.165) is 32.9 Å². The van der Waals surface area contributed by atoms with Crippen molar-refractivity contribution in [1.29, 1.82) is 0 Å². The van der Waals surface area contributed by atoms with Crippen LogP contribution in [0.4, 0.5) is 0 Å². The number of hydrogen-bond acceptors (Lipinski definition) is 6. The number of carboxylic acid groups (broad SMARTS) is 1. The van der Waals surface area contributed by atoms with Crippen molar-refractivity contribution >= 4 is 39.2 Å². The molecule has 3 aromatic heterocycles. The van der Waals surface area contributed by atoms with Crippen molar-refractivity contribution in [2.45, 2.75) is 27.2 Å². The Morgan fingerprint density at radius 3 is 2.71 bits per heavy atom. The molecule has 0 aliphatic carbocycles. The number of carboxylic acids is 1. The molecular weight excluding hydrogens is 374 g/mol. The fourth-order valence-corrected chi connectivity index (χ4v) is 4.27. The van der Waals surface area contributed by atoms with Gasteiger partial charge >= 0.3 is 0 Å². The Bertz CT molecular complexity index is 1180. The molecule has 0 atom stereocenters. The molecule has 0 N–H and O–H groups in total. The van der Waals surface area contributed by atoms with E-state index >= 15 is 0 Å². The number of nitrogens with zero attached hydrogens (tertiary/aromatic N) is 3. The van der Waals surface area contributed by atoms with E-state index < -0.39 is 5.97 Å². The summed E-state index contributed by atoms with van der Waals surface area (Å²) in [5.41, 5.74) is 4.32. The van der Waals surface area contributed by atoms with Crippen LogP contribution in [0.15, 0.2) is 40.9 Å². The van der Waals surface area contributed by atoms with Crippen molar-refractivity contribution in [3.05, 3.63) is 64.1 Å². The van der Waals surface area contributed by atoms with Crippen LogP contribution in [0.3, 0.4) is 0 Å². The molecule has 1 aromatic carbocycles. The first kappa shape index (κ1) is 18.2. The van der Waals surface area contributed by atoms with E-state index in [1.165, 1.54) is 11.3 Å². The standard InChI is InChI=1S/C21H19N3O3S/c1-12-8-15(14(3)24(12)19-9-13(2)27-23-19)10-16(11-20(25)26)21-22-17-6-4-5-7-18(17)28-21/h4-10H,11H2,1-3H3,(H,25,26)/p-1/b16-10+. The summed E-state index contributed by atoms with van der Waals surface area (Å²) < 4.78 is 8.20. The van der Waals surface area contributed by atoms with Crippen LogP contribution in [-0.2, 0) is 4.79 Å². The van der Waals surface area contributed by atoms with Gasteiger partial charge in [0.2, 0.25) is 0 Å². The van der Waals surface area contributed by atoms with Crippen molar-refractivity contribution in [2.24, 2.45) is 0 Å². The van der Waals surface area contributed by atoms with Crippen LogP contribution in [-0.4, -0.2) is 20.7 Å². The van der Waals surface area contributed by atoms with Crippen LogP contribution in [0.1, 0.15) is 34.1 Å². The Morgan fingerprint density at radius 1 is 1.25 bits per heavy atom. The van der Waals surface area contributed by atoms with Gasteiger partial charge in [-0.25, -0.2) is 4.98 Å². The lowest BCUT2D eigenvalue weighted by molar-refractivity contribution is -0.304. The summed E-state index contributed by atoms with van der Waals surface area (Å²) >= 11 is 1.48. The van der Waals surface area contributed by atoms with Gasteiger partial charge in [-0.3, -0.25) is 4.57 Å². The van der Waals surface area contributed by atoms with Crippen LogP contribution < -0.4 is 5.11 Å². The molecular formula is C21H18N3O3S-. The number of benzene rings is 1. The lowest BCUT2D eigenvalue weighted by Crippen LogP contribution is -2.22. The molecule has 0 saturated heterocycles. The molecule has 0 bridgehead atoms. The van der Waals surface area contributed by atoms with Crippen LogP contribution >= 0.6 is 11.3 Å². The van der Waals surface area contributed by atoms with E-state index in [0.29, 0.717) is 16.4 Å². The van der Waals surface area contributed by atoms with Gasteiger partial charge in [-0.05, 0) is 56.2 Å². The molecule has 6 nitrogen and oxygen atoms in total. The second kappa shape index (κ2) is 7.09. The van der Waals surface area contributed by atoms with Crippen LogP contribution in [0.5, 0.6) is 0 Å². The molecule has 4 rings (SSSR count). The fourth-order valence-electron chi connectivity index (χ4n) is 3.29. The molecule has 0 radical (unpaired) electrons. The third-order valence-corrected chi connectivity index (χ3v) is 5.66. The normalized spacial score (nSPS) is 12.0. The maximum atomic E-state index is 11.4. The van der Waals surface area contributed by atoms with Gasteiger partial charge in [0.25, 0.3) is 0 Å². The molecule has 0 fully saturated rings. The predicted molar refractivity (Wildman–Crippen MR) is 107 cm³/mol. The Labute approximate surface area is 165 Å². The summed E-state index contributed by atoms with van der Waals surface area (Å²) in [6, 6.07) is 11.6. The van der Waals surface area contributed by atoms with E-state index in [9.17, 15) is 9.90 Å². The number of fused-ring (bicyclic) bond motifs is 1. The van der Waals surface area contributed by atoms with Gasteiger partial charge in [0.15, 0.2) is 5.82 Å². The van der Waals surface area contributed by atoms with Crippen molar-refractivity contribution in [1.82, 2.24) is 14.7 Å². The van der Waals surface area contributed by atoms with Gasteiger partial charge in [0.1, 0.15) is 10.8 Å². The zero-order valence-electron chi connectivity index (χ0n) is 15.7. The topological polar surface area (TPSA) is 84.0 Å². The van der Waals surface area contributed by atoms with E-state index in [4.69, 9.17) is 4.52 Å². The molecule has 28 heavy (non-hydrogen) atoms. The maximum absolute atomic E-state index is 11.4. The van der Waals surface area contributed by atoms with Crippen molar-refractivity contribution < 1.29 is 14.4 Å². The highest BCUT2D eigenvalue weighted by atomic mass is 32.1. The first-order valence-corrected chi connectivity index (χ1v) is 9.63. The van der Waals surface area contributed by atoms with Crippen LogP contribution in [0, 0.1) is 20.8 Å². The summed E-state index contributed by atoms with van der Waals surface area (Å²) in [5.74, 6) is 0.298. The largest absolute Gasteiger partial charge is 0.550 e. The average Bonchev–Trinajstić information content (AvgIpc) is 3.32. The average molecular weight is 392 g/mol. The number of carbonyl (C=O) groups is 1. The van der Waals surface area contributed by atoms with E-state index in [1.54, 1.807) is 0 Å². The summed E-state index contributed by atoms with van der Waals surface area (Å²) in [6.07, 6.45) is 1.67. The van der Waals surface area contributed by atoms with Gasteiger partial charge < -0.3 is 14.4 Å². The summed E-state index contributed by atoms with van der Waals surface area (Å²) in [5, 5.41) is 16.1. The summed E-state index contributed by atoms with van der Waals surface area (Å²) in [4.78, 5) is 16.0. The van der Waals surface area contributed by atoms with Crippen molar-refractivity contribution in [3.63, 3.8) is 0 Å². The van der Waals surface area contributed by atoms with Gasteiger partial charge in [-0.15, -0.1) is 11.3 Å². The number of thiazole rings is 1. The maximum Gasteiger partial charge on any atom is 0.180 e. The minimum Gasteiger partial charge on any atom is -0.550 e. The van der Waals surface area contributed by atoms with E-state index in [1.807, 2.05) is 67.8 Å². The Balaban J connectivity index is 1.82. The number of para-hydroxylation sites is 1. The third-order valence-electron chi connectivity index (χ3n) is 4.55. The Morgan fingerprint density at radius 2 is 2.04 bits per heavy atom. The number of carbonyl (C=O) groups excluding carboxylic acids is 1. The Kier molecular flexibility index (Phi) is 4.60. The summed E-state index contributed by atoms with van der Waals surface area (Å²) in [7, 11) is 0. The number of aromatic nitrogens is 3. The van der Waals surface area contributed by atoms with E-state index in [-0.39, 0.29) is 6.42 Å². The second-order valence-corrected chi connectivity index (χ2v) is 7.69. The highest BCUT2D eigenvalue weighted by Crippen LogP contribution is 2.31. The molecule has 0 amide bonds. The van der Waals surface area contributed by atoms with Gasteiger partial charge in [-0.1, -0.05) is 17.3 Å². The third kappa shape index (κ3) is 3.36. The van der Waals surface area contributed by atoms with Gasteiger partial charge in [0, 0.05) is 29.8 Å². The minimum atomic E-state index is -1.13. The highest BCUT2D eigenvalue weighted by Gasteiger charge is 2.15. The molecule has 3 heterocycles. The zero-order chi connectivity index (χ0) is 19.8. The molecule has 0 aliphatic rings. The van der Waals surface area contributed by atoms with Crippen LogP contribution in [0.2, 0.25) is 0 Å². The monoisotopic (exact) mass is 392 g/mol. The lowest BCUT2D eigenvalue weighted by atomic mass is 10.1. The SMILES string of the molecule is Cc1cc(-n2c(C)cc(/C=C(\CC(=O)[O-])c3nc4ccccc4s3)c2C)no1. The number of rotatable bonds is 5. The molecule has 0 saturated carbocycles. The second-order valence-electron chi connectivity index (χ2n) is 6.66. The number of aliphatic carboxylic acids is 1. The molecule has 0 aliphatic heterocycles. The predicted octanol–water partition coefficient (Wildman–Crippen LogP) is 3.68. The molecule has 4 aromatic rings. The van der Waals surface area contributed by atoms with Gasteiger partial charge in [-0.2, -0.15) is 0 Å². The summed E-state index contributed by atoms with van der Waals surface area (Å²) in [6.45, 7) is 5.79. The van der Waals surface area contributed by atoms with Crippen LogP contribution in [0.25, 0.3) is 27.7 Å². The number of aryl methyl sites for hydroxylation is 2. The quantitative estimate of drug-likeness (QED) is 0.517. The first-order valence-electron chi connectivity index (χ1n) is 8.81.